The normalized spacial score (nSPS) is 19.0. The number of hydrogen-bond acceptors (Lipinski definition) is 1. The highest BCUT2D eigenvalue weighted by Gasteiger charge is 2.51. The van der Waals surface area contributed by atoms with Gasteiger partial charge in [0.2, 0.25) is 0 Å². The Morgan fingerprint density at radius 3 is 2.04 bits per heavy atom. The molecular weight excluding hydrogens is 326 g/mol. The fourth-order valence-electron chi connectivity index (χ4n) is 5.12. The van der Waals surface area contributed by atoms with E-state index in [1.54, 1.807) is 0 Å². The average Bonchev–Trinajstić information content (AvgIpc) is 3.11. The number of hydrogen-bond donors (Lipinski definition) is 0. The van der Waals surface area contributed by atoms with E-state index in [0.29, 0.717) is 0 Å². The van der Waals surface area contributed by atoms with E-state index in [-0.39, 0.29) is 5.54 Å². The minimum Gasteiger partial charge on any atom is -0.349 e. The molecule has 0 saturated heterocycles. The highest BCUT2D eigenvalue weighted by molar-refractivity contribution is 5.90. The molecule has 2 aliphatic heterocycles. The molecule has 0 aliphatic carbocycles. The molecule has 0 radical (unpaired) electrons. The Kier molecular flexibility index (Phi) is 2.93. The van der Waals surface area contributed by atoms with Gasteiger partial charge in [-0.25, -0.2) is 0 Å². The molecule has 27 heavy (non-hydrogen) atoms. The summed E-state index contributed by atoms with van der Waals surface area (Å²) in [5.74, 6) is 0. The Morgan fingerprint density at radius 2 is 1.19 bits per heavy atom. The summed E-state index contributed by atoms with van der Waals surface area (Å²) in [5, 5.41) is 0. The number of fused-ring (bicyclic) bond motifs is 8. The third kappa shape index (κ3) is 1.79. The molecule has 0 amide bonds. The lowest BCUT2D eigenvalue weighted by Gasteiger charge is -2.47. The largest absolute Gasteiger partial charge is 0.349 e. The first-order chi connectivity index (χ1) is 13.4. The molecule has 4 aromatic carbocycles. The standard InChI is InChI=1S/C26H19N/c1-2-11-20(12-3-1)26-23-15-7-4-10-19(23)18-27(26)25-17-9-6-14-22(25)21-13-5-8-16-24(21)26/h1-17H,18H2. The van der Waals surface area contributed by atoms with Crippen molar-refractivity contribution in [2.75, 3.05) is 4.90 Å². The van der Waals surface area contributed by atoms with Crippen LogP contribution in [0.25, 0.3) is 11.1 Å². The van der Waals surface area contributed by atoms with Gasteiger partial charge in [0.1, 0.15) is 5.54 Å². The van der Waals surface area contributed by atoms with Crippen LogP contribution in [0.2, 0.25) is 0 Å². The minimum absolute atomic E-state index is 0.275. The van der Waals surface area contributed by atoms with Crippen molar-refractivity contribution >= 4 is 5.69 Å². The molecule has 128 valence electrons. The average molecular weight is 345 g/mol. The maximum Gasteiger partial charge on any atom is 0.117 e. The summed E-state index contributed by atoms with van der Waals surface area (Å²) < 4.78 is 0. The first-order valence-electron chi connectivity index (χ1n) is 9.51. The third-order valence-corrected chi connectivity index (χ3v) is 6.13. The second-order valence-corrected chi connectivity index (χ2v) is 7.38. The van der Waals surface area contributed by atoms with Crippen molar-refractivity contribution in [2.45, 2.75) is 12.1 Å². The van der Waals surface area contributed by atoms with Gasteiger partial charge in [-0.15, -0.1) is 0 Å². The Balaban J connectivity index is 1.81. The monoisotopic (exact) mass is 345 g/mol. The molecule has 0 saturated carbocycles. The van der Waals surface area contributed by atoms with Crippen molar-refractivity contribution in [2.24, 2.45) is 0 Å². The fourth-order valence-corrected chi connectivity index (χ4v) is 5.12. The van der Waals surface area contributed by atoms with Crippen LogP contribution in [0, 0.1) is 0 Å². The number of nitrogens with zero attached hydrogens (tertiary/aromatic N) is 1. The van der Waals surface area contributed by atoms with Crippen LogP contribution in [0.3, 0.4) is 0 Å². The summed E-state index contributed by atoms with van der Waals surface area (Å²) in [6.45, 7) is 0.927. The second-order valence-electron chi connectivity index (χ2n) is 7.38. The predicted octanol–water partition coefficient (Wildman–Crippen LogP) is 5.98. The molecule has 1 nitrogen and oxygen atoms in total. The quantitative estimate of drug-likeness (QED) is 0.410. The van der Waals surface area contributed by atoms with Crippen molar-refractivity contribution in [3.63, 3.8) is 0 Å². The first kappa shape index (κ1) is 14.8. The van der Waals surface area contributed by atoms with E-state index in [9.17, 15) is 0 Å². The summed E-state index contributed by atoms with van der Waals surface area (Å²) in [6, 6.07) is 37.7. The van der Waals surface area contributed by atoms with Crippen molar-refractivity contribution in [1.29, 1.82) is 0 Å². The SMILES string of the molecule is c1ccc(C23c4ccccc4CN2c2ccccc2-c2ccccc23)cc1. The van der Waals surface area contributed by atoms with Gasteiger partial charge >= 0.3 is 0 Å². The van der Waals surface area contributed by atoms with Crippen LogP contribution in [-0.4, -0.2) is 0 Å². The van der Waals surface area contributed by atoms with Crippen LogP contribution in [0.1, 0.15) is 22.3 Å². The molecule has 0 N–H and O–H groups in total. The summed E-state index contributed by atoms with van der Waals surface area (Å²) in [7, 11) is 0. The molecule has 2 aliphatic rings. The number of rotatable bonds is 1. The van der Waals surface area contributed by atoms with Gasteiger partial charge in [0, 0.05) is 17.8 Å². The summed E-state index contributed by atoms with van der Waals surface area (Å²) in [5.41, 5.74) is 9.22. The van der Waals surface area contributed by atoms with Crippen LogP contribution >= 0.6 is 0 Å². The summed E-state index contributed by atoms with van der Waals surface area (Å²) in [4.78, 5) is 2.60. The van der Waals surface area contributed by atoms with E-state index in [4.69, 9.17) is 0 Å². The van der Waals surface area contributed by atoms with Gasteiger partial charge in [-0.05, 0) is 33.9 Å². The number of para-hydroxylation sites is 1. The fraction of sp³-hybridized carbons (Fsp3) is 0.0769. The van der Waals surface area contributed by atoms with Gasteiger partial charge in [-0.2, -0.15) is 0 Å². The van der Waals surface area contributed by atoms with Gasteiger partial charge in [-0.3, -0.25) is 0 Å². The Labute approximate surface area is 159 Å². The minimum atomic E-state index is -0.275. The Morgan fingerprint density at radius 1 is 0.556 bits per heavy atom. The van der Waals surface area contributed by atoms with Gasteiger partial charge < -0.3 is 4.90 Å². The van der Waals surface area contributed by atoms with Crippen molar-refractivity contribution < 1.29 is 0 Å². The maximum absolute atomic E-state index is 2.60. The Hall–Kier alpha value is -3.32. The van der Waals surface area contributed by atoms with Crippen molar-refractivity contribution in [1.82, 2.24) is 0 Å². The van der Waals surface area contributed by atoms with Gasteiger partial charge in [0.25, 0.3) is 0 Å². The van der Waals surface area contributed by atoms with Gasteiger partial charge in [0.15, 0.2) is 0 Å². The summed E-state index contributed by atoms with van der Waals surface area (Å²) >= 11 is 0. The molecule has 1 unspecified atom stereocenters. The molecule has 0 bridgehead atoms. The molecule has 2 heterocycles. The molecule has 0 aromatic heterocycles. The zero-order valence-corrected chi connectivity index (χ0v) is 15.0. The molecule has 4 aromatic rings. The Bertz CT molecular complexity index is 1160. The second kappa shape index (κ2) is 5.34. The van der Waals surface area contributed by atoms with E-state index in [2.05, 4.69) is 108 Å². The van der Waals surface area contributed by atoms with Crippen molar-refractivity contribution in [3.05, 3.63) is 125 Å². The number of benzene rings is 4. The zero-order chi connectivity index (χ0) is 17.8. The lowest BCUT2D eigenvalue weighted by molar-refractivity contribution is 0.598. The van der Waals surface area contributed by atoms with E-state index in [1.807, 2.05) is 0 Å². The summed E-state index contributed by atoms with van der Waals surface area (Å²) in [6.07, 6.45) is 0. The van der Waals surface area contributed by atoms with Crippen molar-refractivity contribution in [3.8, 4) is 11.1 Å². The molecule has 0 spiro atoms. The van der Waals surface area contributed by atoms with E-state index in [0.717, 1.165) is 6.54 Å². The smallest absolute Gasteiger partial charge is 0.117 e. The molecule has 1 atom stereocenters. The zero-order valence-electron chi connectivity index (χ0n) is 15.0. The van der Waals surface area contributed by atoms with Crippen LogP contribution in [0.4, 0.5) is 5.69 Å². The topological polar surface area (TPSA) is 3.24 Å². The van der Waals surface area contributed by atoms with E-state index < -0.39 is 0 Å². The molecule has 0 fully saturated rings. The van der Waals surface area contributed by atoms with Crippen LogP contribution in [0.15, 0.2) is 103 Å². The lowest BCUT2D eigenvalue weighted by Crippen LogP contribution is -2.45. The molecule has 6 rings (SSSR count). The molecular formula is C26H19N. The highest BCUT2D eigenvalue weighted by Crippen LogP contribution is 2.57. The highest BCUT2D eigenvalue weighted by atomic mass is 15.2. The maximum atomic E-state index is 2.60. The lowest BCUT2D eigenvalue weighted by atomic mass is 9.71. The van der Waals surface area contributed by atoms with Gasteiger partial charge in [-0.1, -0.05) is 97.1 Å². The van der Waals surface area contributed by atoms with Gasteiger partial charge in [0.05, 0.1) is 0 Å². The van der Waals surface area contributed by atoms with Crippen LogP contribution in [0.5, 0.6) is 0 Å². The predicted molar refractivity (Wildman–Crippen MR) is 111 cm³/mol. The third-order valence-electron chi connectivity index (χ3n) is 6.13. The van der Waals surface area contributed by atoms with E-state index in [1.165, 1.54) is 39.1 Å². The molecule has 1 heteroatoms. The number of anilines is 1. The van der Waals surface area contributed by atoms with E-state index >= 15 is 0 Å². The first-order valence-corrected chi connectivity index (χ1v) is 9.51. The van der Waals surface area contributed by atoms with Crippen LogP contribution in [-0.2, 0) is 12.1 Å². The van der Waals surface area contributed by atoms with Crippen LogP contribution < -0.4 is 4.90 Å².